The van der Waals surface area contributed by atoms with Crippen LogP contribution in [-0.4, -0.2) is 4.98 Å². The summed E-state index contributed by atoms with van der Waals surface area (Å²) >= 11 is 0. The molecule has 0 aliphatic carbocycles. The Morgan fingerprint density at radius 2 is 1.11 bits per heavy atom. The van der Waals surface area contributed by atoms with Gasteiger partial charge in [0, 0.05) is 5.69 Å². The number of fused-ring (bicyclic) bond motifs is 3. The van der Waals surface area contributed by atoms with Gasteiger partial charge in [-0.1, -0.05) is 147 Å². The quantitative estimate of drug-likeness (QED) is 0.0900. The largest absolute Gasteiger partial charge is 4.00 e. The maximum Gasteiger partial charge on any atom is 4.00 e. The van der Waals surface area contributed by atoms with E-state index in [1.807, 2.05) is 6.07 Å². The molecule has 0 saturated carbocycles. The van der Waals surface area contributed by atoms with Gasteiger partial charge in [0.25, 0.3) is 0 Å². The van der Waals surface area contributed by atoms with Gasteiger partial charge in [0.1, 0.15) is 0 Å². The van der Waals surface area contributed by atoms with Crippen molar-refractivity contribution in [2.45, 2.75) is 45.6 Å². The van der Waals surface area contributed by atoms with E-state index < -0.39 is 0 Å². The molecule has 0 radical (unpaired) electrons. The zero-order chi connectivity index (χ0) is 30.2. The van der Waals surface area contributed by atoms with Crippen molar-refractivity contribution in [3.8, 4) is 11.3 Å². The monoisotopic (exact) mass is 778 g/mol. The maximum atomic E-state index is 5.77. The van der Waals surface area contributed by atoms with Gasteiger partial charge in [-0.3, -0.25) is 0 Å². The van der Waals surface area contributed by atoms with Crippen molar-refractivity contribution in [3.63, 3.8) is 0 Å². The summed E-state index contributed by atoms with van der Waals surface area (Å²) in [6, 6.07) is 48.5. The van der Waals surface area contributed by atoms with Crippen LogP contribution in [0.15, 0.2) is 127 Å². The maximum absolute atomic E-state index is 5.77. The van der Waals surface area contributed by atoms with Crippen LogP contribution in [0.25, 0.3) is 48.9 Å². The second-order valence-corrected chi connectivity index (χ2v) is 12.2. The van der Waals surface area contributed by atoms with Gasteiger partial charge in [-0.05, 0) is 62.8 Å². The fraction of sp³-hybridized carbons (Fsp3) is 0.159. The van der Waals surface area contributed by atoms with Gasteiger partial charge < -0.3 is 25.2 Å². The van der Waals surface area contributed by atoms with Crippen LogP contribution in [0.4, 0.5) is 5.69 Å². The molecule has 232 valence electrons. The first kappa shape index (κ1) is 35.8. The molecule has 0 aliphatic heterocycles. The summed E-state index contributed by atoms with van der Waals surface area (Å²) in [6.45, 7) is 9.04. The molecule has 0 amide bonds. The smallest absolute Gasteiger partial charge is 0.673 e. The molecule has 0 bridgehead atoms. The summed E-state index contributed by atoms with van der Waals surface area (Å²) in [4.78, 5) is 5.40. The summed E-state index contributed by atoms with van der Waals surface area (Å²) in [5, 5.41) is 12.9. The third-order valence-electron chi connectivity index (χ3n) is 8.71. The standard InChI is InChI=1S/C42H36N2.2CH3.Hf/c1-27(2)32-21-12-22-33(28(3)4)41(32)44-42(40-35-19-9-6-15-30(35)26-31-16-7-10-20-36(31)40)39-25-13-24-38(43-39)37-23-11-17-29-14-5-8-18-34(29)37;;;/h5-22,24-28,42H,1-4H3;2*1H3;/q-2;2*-1;+4. The van der Waals surface area contributed by atoms with Crippen molar-refractivity contribution in [1.29, 1.82) is 0 Å². The Hall–Kier alpha value is -4.08. The Balaban J connectivity index is 0.00000167. The number of nitrogens with zero attached hydrogens (tertiary/aromatic N) is 2. The van der Waals surface area contributed by atoms with Gasteiger partial charge in [-0.25, -0.2) is 0 Å². The summed E-state index contributed by atoms with van der Waals surface area (Å²) < 4.78 is 0. The average Bonchev–Trinajstić information content (AvgIpc) is 3.06. The molecule has 7 aromatic rings. The molecule has 0 fully saturated rings. The molecule has 2 nitrogen and oxygen atoms in total. The van der Waals surface area contributed by atoms with E-state index in [1.165, 1.54) is 43.6 Å². The Morgan fingerprint density at radius 3 is 1.70 bits per heavy atom. The van der Waals surface area contributed by atoms with E-state index in [2.05, 4.69) is 155 Å². The van der Waals surface area contributed by atoms with Crippen molar-refractivity contribution in [2.75, 3.05) is 0 Å². The van der Waals surface area contributed by atoms with Gasteiger partial charge in [0.05, 0.1) is 0 Å². The first-order chi connectivity index (χ1) is 21.5. The Bertz CT molecular complexity index is 2040. The number of hydrogen-bond donors (Lipinski definition) is 0. The van der Waals surface area contributed by atoms with Crippen LogP contribution < -0.4 is 0 Å². The number of rotatable bonds is 7. The zero-order valence-corrected chi connectivity index (χ0v) is 31.8. The molecule has 0 spiro atoms. The molecular weight excluding hydrogens is 735 g/mol. The Kier molecular flexibility index (Phi) is 11.6. The second kappa shape index (κ2) is 15.2. The van der Waals surface area contributed by atoms with Gasteiger partial charge >= 0.3 is 25.8 Å². The average molecular weight is 777 g/mol. The van der Waals surface area contributed by atoms with Crippen LogP contribution in [0.1, 0.15) is 68.0 Å². The molecule has 1 unspecified atom stereocenters. The summed E-state index contributed by atoms with van der Waals surface area (Å²) in [5.41, 5.74) is 7.66. The molecule has 47 heavy (non-hydrogen) atoms. The summed E-state index contributed by atoms with van der Waals surface area (Å²) in [6.07, 6.45) is 0. The van der Waals surface area contributed by atoms with Crippen LogP contribution >= 0.6 is 0 Å². The SMILES string of the molecule is CC(C)c1cccc(C(C)C)c1[N-]C(c1cccc(-c2[c-]ccc3ccccc23)n1)c1c2ccccc2cc2ccccc12.[CH3-].[CH3-].[Hf+4]. The van der Waals surface area contributed by atoms with E-state index in [0.29, 0.717) is 11.8 Å². The number of pyridine rings is 1. The van der Waals surface area contributed by atoms with Gasteiger partial charge in [0.15, 0.2) is 0 Å². The summed E-state index contributed by atoms with van der Waals surface area (Å²) in [5.74, 6) is 0.670. The van der Waals surface area contributed by atoms with Crippen LogP contribution in [0.2, 0.25) is 0 Å². The topological polar surface area (TPSA) is 27.0 Å². The van der Waals surface area contributed by atoms with Crippen molar-refractivity contribution in [1.82, 2.24) is 4.98 Å². The molecule has 1 aromatic heterocycles. The first-order valence-electron chi connectivity index (χ1n) is 15.6. The fourth-order valence-corrected chi connectivity index (χ4v) is 6.53. The molecule has 1 atom stereocenters. The van der Waals surface area contributed by atoms with Gasteiger partial charge in [-0.15, -0.1) is 34.8 Å². The number of para-hydroxylation sites is 1. The van der Waals surface area contributed by atoms with Gasteiger partial charge in [0.2, 0.25) is 0 Å². The van der Waals surface area contributed by atoms with Crippen molar-refractivity contribution in [2.24, 2.45) is 0 Å². The summed E-state index contributed by atoms with van der Waals surface area (Å²) in [7, 11) is 0. The van der Waals surface area contributed by atoms with E-state index in [9.17, 15) is 0 Å². The predicted octanol–water partition coefficient (Wildman–Crippen LogP) is 12.9. The van der Waals surface area contributed by atoms with Crippen LogP contribution in [-0.2, 0) is 25.8 Å². The molecule has 7 rings (SSSR count). The van der Waals surface area contributed by atoms with E-state index in [4.69, 9.17) is 10.3 Å². The molecule has 0 aliphatic rings. The number of hydrogen-bond acceptors (Lipinski definition) is 1. The third-order valence-corrected chi connectivity index (χ3v) is 8.71. The molecule has 0 saturated heterocycles. The molecule has 6 aromatic carbocycles. The zero-order valence-electron chi connectivity index (χ0n) is 28.3. The molecule has 1 heterocycles. The number of aromatic nitrogens is 1. The van der Waals surface area contributed by atoms with Crippen LogP contribution in [0.5, 0.6) is 0 Å². The van der Waals surface area contributed by atoms with E-state index >= 15 is 0 Å². The van der Waals surface area contributed by atoms with Crippen molar-refractivity contribution in [3.05, 3.63) is 176 Å². The second-order valence-electron chi connectivity index (χ2n) is 12.2. The van der Waals surface area contributed by atoms with Crippen molar-refractivity contribution < 1.29 is 25.8 Å². The number of benzene rings is 6. The van der Waals surface area contributed by atoms with Gasteiger partial charge in [-0.2, -0.15) is 0 Å². The molecule has 0 N–H and O–H groups in total. The Morgan fingerprint density at radius 1 is 0.574 bits per heavy atom. The van der Waals surface area contributed by atoms with Crippen molar-refractivity contribution >= 4 is 38.0 Å². The first-order valence-corrected chi connectivity index (χ1v) is 15.6. The minimum Gasteiger partial charge on any atom is -0.673 e. The van der Waals surface area contributed by atoms with E-state index in [0.717, 1.165) is 28.0 Å². The molecular formula is C44H42HfN2. The normalized spacial score (nSPS) is 11.6. The van der Waals surface area contributed by atoms with Crippen LogP contribution in [0, 0.1) is 20.9 Å². The van der Waals surface area contributed by atoms with E-state index in [1.54, 1.807) is 0 Å². The predicted molar refractivity (Wildman–Crippen MR) is 200 cm³/mol. The van der Waals surface area contributed by atoms with Crippen LogP contribution in [0.3, 0.4) is 0 Å². The minimum absolute atomic E-state index is 0. The van der Waals surface area contributed by atoms with E-state index in [-0.39, 0.29) is 46.7 Å². The Labute approximate surface area is 300 Å². The molecule has 3 heteroatoms. The fourth-order valence-electron chi connectivity index (χ4n) is 6.53. The third kappa shape index (κ3) is 6.83. The minimum atomic E-state index is -0.321.